The third-order valence-corrected chi connectivity index (χ3v) is 5.91. The monoisotopic (exact) mass is 411 g/mol. The summed E-state index contributed by atoms with van der Waals surface area (Å²) in [6.07, 6.45) is 1.62. The Kier molecular flexibility index (Phi) is 5.22. The number of halogens is 2. The number of fused-ring (bicyclic) bond motifs is 1. The van der Waals surface area contributed by atoms with Gasteiger partial charge in [-0.3, -0.25) is 9.48 Å². The van der Waals surface area contributed by atoms with E-state index in [1.165, 1.54) is 23.1 Å². The van der Waals surface area contributed by atoms with Crippen molar-refractivity contribution in [2.75, 3.05) is 12.4 Å². The number of hydrogen-bond donors (Lipinski definition) is 1. The van der Waals surface area contributed by atoms with Crippen LogP contribution in [-0.2, 0) is 9.53 Å². The summed E-state index contributed by atoms with van der Waals surface area (Å²) in [5, 5.41) is 8.66. The standard InChI is InChI=1S/C17H15Cl2N3O3S/c1-8-12(18)7-22(21-8)9(2)16(23)20-10-4-5-11-13(6-10)26-15(14(11)19)17(24)25-3/h4-7,9H,1-3H3,(H,20,23). The molecule has 1 unspecified atom stereocenters. The van der Waals surface area contributed by atoms with Gasteiger partial charge in [-0.15, -0.1) is 11.3 Å². The molecule has 0 radical (unpaired) electrons. The van der Waals surface area contributed by atoms with Gasteiger partial charge in [-0.25, -0.2) is 4.79 Å². The number of ether oxygens (including phenoxy) is 1. The fraction of sp³-hybridized carbons (Fsp3) is 0.235. The highest BCUT2D eigenvalue weighted by Gasteiger charge is 2.20. The van der Waals surface area contributed by atoms with E-state index in [-0.39, 0.29) is 5.91 Å². The number of rotatable bonds is 4. The molecule has 9 heteroatoms. The third-order valence-electron chi connectivity index (χ3n) is 3.90. The number of aromatic nitrogens is 2. The minimum absolute atomic E-state index is 0.237. The van der Waals surface area contributed by atoms with Crippen LogP contribution < -0.4 is 5.32 Å². The summed E-state index contributed by atoms with van der Waals surface area (Å²) in [4.78, 5) is 24.6. The van der Waals surface area contributed by atoms with Gasteiger partial charge in [0, 0.05) is 22.0 Å². The predicted molar refractivity (Wildman–Crippen MR) is 103 cm³/mol. The molecule has 0 spiro atoms. The smallest absolute Gasteiger partial charge is 0.349 e. The second-order valence-electron chi connectivity index (χ2n) is 5.66. The molecule has 0 bridgehead atoms. The SMILES string of the molecule is COC(=O)c1sc2cc(NC(=O)C(C)n3cc(Cl)c(C)n3)ccc2c1Cl. The average Bonchev–Trinajstić information content (AvgIpc) is 3.13. The molecule has 3 aromatic rings. The van der Waals surface area contributed by atoms with Crippen molar-refractivity contribution in [2.45, 2.75) is 19.9 Å². The van der Waals surface area contributed by atoms with Gasteiger partial charge in [0.15, 0.2) is 0 Å². The van der Waals surface area contributed by atoms with E-state index < -0.39 is 12.0 Å². The first-order valence-corrected chi connectivity index (χ1v) is 9.21. The minimum atomic E-state index is -0.533. The molecule has 0 fully saturated rings. The Morgan fingerprint density at radius 1 is 1.35 bits per heavy atom. The second-order valence-corrected chi connectivity index (χ2v) is 7.49. The van der Waals surface area contributed by atoms with E-state index in [9.17, 15) is 9.59 Å². The summed E-state index contributed by atoms with van der Waals surface area (Å²) >= 11 is 13.4. The van der Waals surface area contributed by atoms with E-state index in [2.05, 4.69) is 10.4 Å². The quantitative estimate of drug-likeness (QED) is 0.631. The Hall–Kier alpha value is -2.09. The van der Waals surface area contributed by atoms with Gasteiger partial charge < -0.3 is 10.1 Å². The molecule has 0 aliphatic rings. The van der Waals surface area contributed by atoms with Gasteiger partial charge in [0.1, 0.15) is 10.9 Å². The molecule has 1 N–H and O–H groups in total. The minimum Gasteiger partial charge on any atom is -0.465 e. The topological polar surface area (TPSA) is 73.2 Å². The van der Waals surface area contributed by atoms with Crippen LogP contribution in [0.25, 0.3) is 10.1 Å². The number of hydrogen-bond acceptors (Lipinski definition) is 5. The van der Waals surface area contributed by atoms with Crippen molar-refractivity contribution in [1.82, 2.24) is 9.78 Å². The maximum absolute atomic E-state index is 12.5. The number of amides is 1. The molecule has 0 aliphatic carbocycles. The molecule has 2 aromatic heterocycles. The summed E-state index contributed by atoms with van der Waals surface area (Å²) in [6.45, 7) is 3.50. The molecule has 0 saturated heterocycles. The van der Waals surface area contributed by atoms with Gasteiger partial charge in [0.05, 0.1) is 22.8 Å². The molecular formula is C17H15Cl2N3O3S. The van der Waals surface area contributed by atoms with Crippen LogP contribution in [0.4, 0.5) is 5.69 Å². The average molecular weight is 412 g/mol. The summed E-state index contributed by atoms with van der Waals surface area (Å²) in [5.74, 6) is -0.722. The summed E-state index contributed by atoms with van der Waals surface area (Å²) < 4.78 is 7.02. The van der Waals surface area contributed by atoms with Gasteiger partial charge in [0.2, 0.25) is 5.91 Å². The normalized spacial score (nSPS) is 12.2. The maximum Gasteiger partial charge on any atom is 0.349 e. The van der Waals surface area contributed by atoms with Gasteiger partial charge in [-0.2, -0.15) is 5.10 Å². The molecular weight excluding hydrogens is 397 g/mol. The Labute approximate surface area is 163 Å². The molecule has 1 aromatic carbocycles. The van der Waals surface area contributed by atoms with Gasteiger partial charge in [-0.1, -0.05) is 23.2 Å². The molecule has 0 saturated carbocycles. The number of methoxy groups -OCH3 is 1. The molecule has 1 amide bonds. The number of nitrogens with zero attached hydrogens (tertiary/aromatic N) is 2. The number of nitrogens with one attached hydrogen (secondary N) is 1. The first kappa shape index (κ1) is 18.7. The lowest BCUT2D eigenvalue weighted by Crippen LogP contribution is -2.24. The van der Waals surface area contributed by atoms with Crippen LogP contribution in [-0.4, -0.2) is 28.8 Å². The number of carbonyl (C=O) groups is 2. The first-order chi connectivity index (χ1) is 12.3. The van der Waals surface area contributed by atoms with Crippen LogP contribution in [0.5, 0.6) is 0 Å². The number of thiophene rings is 1. The molecule has 136 valence electrons. The van der Waals surface area contributed by atoms with Crippen LogP contribution in [0.2, 0.25) is 10.0 Å². The van der Waals surface area contributed by atoms with Crippen molar-refractivity contribution in [3.8, 4) is 0 Å². The van der Waals surface area contributed by atoms with Gasteiger partial charge in [0.25, 0.3) is 0 Å². The molecule has 0 aliphatic heterocycles. The Bertz CT molecular complexity index is 993. The fourth-order valence-electron chi connectivity index (χ4n) is 2.39. The van der Waals surface area contributed by atoms with E-state index >= 15 is 0 Å². The number of esters is 1. The highest BCUT2D eigenvalue weighted by atomic mass is 35.5. The molecule has 2 heterocycles. The van der Waals surface area contributed by atoms with Crippen LogP contribution in [0.3, 0.4) is 0 Å². The van der Waals surface area contributed by atoms with E-state index in [1.54, 1.807) is 38.2 Å². The maximum atomic E-state index is 12.5. The lowest BCUT2D eigenvalue weighted by molar-refractivity contribution is -0.119. The largest absolute Gasteiger partial charge is 0.465 e. The van der Waals surface area contributed by atoms with Crippen LogP contribution in [0.15, 0.2) is 24.4 Å². The fourth-order valence-corrected chi connectivity index (χ4v) is 4.00. The van der Waals surface area contributed by atoms with E-state index in [4.69, 9.17) is 27.9 Å². The molecule has 3 rings (SSSR count). The van der Waals surface area contributed by atoms with Crippen molar-refractivity contribution in [2.24, 2.45) is 0 Å². The number of anilines is 1. The predicted octanol–water partition coefficient (Wildman–Crippen LogP) is 4.70. The molecule has 6 nitrogen and oxygen atoms in total. The van der Waals surface area contributed by atoms with E-state index in [0.717, 1.165) is 10.1 Å². The second kappa shape index (κ2) is 7.26. The lowest BCUT2D eigenvalue weighted by atomic mass is 10.2. The van der Waals surface area contributed by atoms with Gasteiger partial charge >= 0.3 is 5.97 Å². The molecule has 1 atom stereocenters. The van der Waals surface area contributed by atoms with Crippen molar-refractivity contribution in [1.29, 1.82) is 0 Å². The number of benzene rings is 1. The van der Waals surface area contributed by atoms with Gasteiger partial charge in [-0.05, 0) is 32.0 Å². The van der Waals surface area contributed by atoms with E-state index in [0.29, 0.717) is 26.3 Å². The molecule has 26 heavy (non-hydrogen) atoms. The third kappa shape index (κ3) is 3.42. The summed E-state index contributed by atoms with van der Waals surface area (Å²) in [7, 11) is 1.30. The zero-order chi connectivity index (χ0) is 19.0. The summed E-state index contributed by atoms with van der Waals surface area (Å²) in [5.41, 5.74) is 1.26. The van der Waals surface area contributed by atoms with Crippen molar-refractivity contribution >= 4 is 62.2 Å². The number of carbonyl (C=O) groups excluding carboxylic acids is 2. The van der Waals surface area contributed by atoms with Crippen LogP contribution >= 0.6 is 34.5 Å². The zero-order valence-corrected chi connectivity index (χ0v) is 16.5. The van der Waals surface area contributed by atoms with Crippen LogP contribution in [0.1, 0.15) is 28.3 Å². The van der Waals surface area contributed by atoms with Crippen LogP contribution in [0, 0.1) is 6.92 Å². The Morgan fingerprint density at radius 3 is 2.69 bits per heavy atom. The van der Waals surface area contributed by atoms with E-state index in [1.807, 2.05) is 0 Å². The van der Waals surface area contributed by atoms with Crippen molar-refractivity contribution < 1.29 is 14.3 Å². The Morgan fingerprint density at radius 2 is 2.08 bits per heavy atom. The Balaban J connectivity index is 1.84. The highest BCUT2D eigenvalue weighted by molar-refractivity contribution is 7.21. The lowest BCUT2D eigenvalue weighted by Gasteiger charge is -2.12. The summed E-state index contributed by atoms with van der Waals surface area (Å²) in [6, 6.07) is 4.73. The first-order valence-electron chi connectivity index (χ1n) is 7.64. The zero-order valence-electron chi connectivity index (χ0n) is 14.2. The van der Waals surface area contributed by atoms with Crippen molar-refractivity contribution in [3.05, 3.63) is 45.0 Å². The van der Waals surface area contributed by atoms with Crippen molar-refractivity contribution in [3.63, 3.8) is 0 Å². The number of aryl methyl sites for hydroxylation is 1. The highest BCUT2D eigenvalue weighted by Crippen LogP contribution is 2.37.